The van der Waals surface area contributed by atoms with Gasteiger partial charge in [-0.25, -0.2) is 9.07 Å². The molecular formula is C14H17BrFN3O2. The molecule has 0 atom stereocenters. The van der Waals surface area contributed by atoms with E-state index in [4.69, 9.17) is 9.47 Å². The molecule has 0 aliphatic heterocycles. The topological polar surface area (TPSA) is 49.2 Å². The molecule has 0 spiro atoms. The van der Waals surface area contributed by atoms with Gasteiger partial charge in [0.2, 0.25) is 6.29 Å². The minimum atomic E-state index is -0.538. The zero-order valence-corrected chi connectivity index (χ0v) is 13.5. The van der Waals surface area contributed by atoms with Gasteiger partial charge in [0.05, 0.1) is 12.7 Å². The van der Waals surface area contributed by atoms with E-state index in [9.17, 15) is 4.39 Å². The summed E-state index contributed by atoms with van der Waals surface area (Å²) in [6, 6.07) is 4.93. The van der Waals surface area contributed by atoms with Crippen molar-refractivity contribution in [1.82, 2.24) is 15.0 Å². The fourth-order valence-corrected chi connectivity index (χ4v) is 2.18. The van der Waals surface area contributed by atoms with E-state index in [-0.39, 0.29) is 5.82 Å². The van der Waals surface area contributed by atoms with Crippen LogP contribution in [-0.2, 0) is 16.0 Å². The molecule has 7 heteroatoms. The third-order valence-corrected chi connectivity index (χ3v) is 3.27. The van der Waals surface area contributed by atoms with Gasteiger partial charge in [-0.3, -0.25) is 0 Å². The van der Waals surface area contributed by atoms with Gasteiger partial charge in [-0.2, -0.15) is 0 Å². The fraction of sp³-hybridized carbons (Fsp3) is 0.429. The van der Waals surface area contributed by atoms with Gasteiger partial charge >= 0.3 is 0 Å². The molecule has 1 heterocycles. The maximum atomic E-state index is 13.8. The van der Waals surface area contributed by atoms with Crippen molar-refractivity contribution in [3.63, 3.8) is 0 Å². The van der Waals surface area contributed by atoms with Crippen LogP contribution in [-0.4, -0.2) is 28.2 Å². The molecule has 0 saturated heterocycles. The summed E-state index contributed by atoms with van der Waals surface area (Å²) in [5, 5.41) is 8.02. The van der Waals surface area contributed by atoms with Crippen LogP contribution in [0.5, 0.6) is 0 Å². The largest absolute Gasteiger partial charge is 0.347 e. The van der Waals surface area contributed by atoms with Gasteiger partial charge in [-0.15, -0.1) is 5.10 Å². The smallest absolute Gasteiger partial charge is 0.204 e. The van der Waals surface area contributed by atoms with Crippen LogP contribution in [0.2, 0.25) is 0 Å². The summed E-state index contributed by atoms with van der Waals surface area (Å²) in [6.45, 7) is 5.09. The normalized spacial score (nSPS) is 11.3. The van der Waals surface area contributed by atoms with Gasteiger partial charge < -0.3 is 9.47 Å². The standard InChI is InChI=1S/C14H17BrFN3O2/c1-3-20-14(21-4-2)13-9-19(18-17-13)8-10-5-6-11(15)7-12(10)16/h5-7,9,14H,3-4,8H2,1-2H3. The zero-order chi connectivity index (χ0) is 15.2. The van der Waals surface area contributed by atoms with Crippen LogP contribution in [0.25, 0.3) is 0 Å². The summed E-state index contributed by atoms with van der Waals surface area (Å²) in [7, 11) is 0. The number of hydrogen-bond acceptors (Lipinski definition) is 4. The van der Waals surface area contributed by atoms with Crippen molar-refractivity contribution in [2.45, 2.75) is 26.7 Å². The molecule has 2 rings (SSSR count). The van der Waals surface area contributed by atoms with E-state index in [2.05, 4.69) is 26.2 Å². The second kappa shape index (κ2) is 7.63. The minimum absolute atomic E-state index is 0.285. The summed E-state index contributed by atoms with van der Waals surface area (Å²) in [5.41, 5.74) is 1.12. The van der Waals surface area contributed by atoms with Crippen LogP contribution in [0.4, 0.5) is 4.39 Å². The lowest BCUT2D eigenvalue weighted by Crippen LogP contribution is -2.09. The Bertz CT molecular complexity index is 585. The number of benzene rings is 1. The molecule has 0 fully saturated rings. The first-order valence-electron chi connectivity index (χ1n) is 6.71. The molecule has 114 valence electrons. The Balaban J connectivity index is 2.11. The molecule has 1 aromatic carbocycles. The Hall–Kier alpha value is -1.31. The van der Waals surface area contributed by atoms with E-state index in [1.807, 2.05) is 13.8 Å². The Morgan fingerprint density at radius 2 is 2.00 bits per heavy atom. The molecule has 0 saturated carbocycles. The highest BCUT2D eigenvalue weighted by atomic mass is 79.9. The number of hydrogen-bond donors (Lipinski definition) is 0. The second-order valence-corrected chi connectivity index (χ2v) is 5.24. The molecule has 1 aromatic heterocycles. The summed E-state index contributed by atoms with van der Waals surface area (Å²) >= 11 is 3.23. The highest BCUT2D eigenvalue weighted by Gasteiger charge is 2.16. The van der Waals surface area contributed by atoms with E-state index >= 15 is 0 Å². The quantitative estimate of drug-likeness (QED) is 0.713. The van der Waals surface area contributed by atoms with Crippen molar-refractivity contribution in [2.24, 2.45) is 0 Å². The molecule has 0 unspecified atom stereocenters. The van der Waals surface area contributed by atoms with Gasteiger partial charge in [0.1, 0.15) is 11.5 Å². The molecule has 0 N–H and O–H groups in total. The van der Waals surface area contributed by atoms with Crippen molar-refractivity contribution in [3.05, 3.63) is 45.9 Å². The number of rotatable bonds is 7. The van der Waals surface area contributed by atoms with Crippen LogP contribution in [0.3, 0.4) is 0 Å². The second-order valence-electron chi connectivity index (χ2n) is 4.32. The molecule has 21 heavy (non-hydrogen) atoms. The Morgan fingerprint density at radius 3 is 2.62 bits per heavy atom. The molecule has 0 radical (unpaired) electrons. The first-order valence-corrected chi connectivity index (χ1v) is 7.50. The van der Waals surface area contributed by atoms with Crippen LogP contribution >= 0.6 is 15.9 Å². The van der Waals surface area contributed by atoms with E-state index in [0.29, 0.717) is 35.5 Å². The SMILES string of the molecule is CCOC(OCC)c1cn(Cc2ccc(Br)cc2F)nn1. The summed E-state index contributed by atoms with van der Waals surface area (Å²) in [5.74, 6) is -0.285. The van der Waals surface area contributed by atoms with Crippen molar-refractivity contribution >= 4 is 15.9 Å². The van der Waals surface area contributed by atoms with Crippen LogP contribution in [0.1, 0.15) is 31.4 Å². The number of halogens is 2. The lowest BCUT2D eigenvalue weighted by atomic mass is 10.2. The molecule has 0 aliphatic rings. The molecule has 0 aliphatic carbocycles. The number of aromatic nitrogens is 3. The van der Waals surface area contributed by atoms with E-state index in [0.717, 1.165) is 0 Å². The molecule has 5 nitrogen and oxygen atoms in total. The third kappa shape index (κ3) is 4.33. The summed E-state index contributed by atoms with van der Waals surface area (Å²) < 4.78 is 27.0. The molecule has 0 amide bonds. The van der Waals surface area contributed by atoms with E-state index in [1.165, 1.54) is 6.07 Å². The van der Waals surface area contributed by atoms with Gasteiger partial charge in [0, 0.05) is 23.2 Å². The molecular weight excluding hydrogens is 341 g/mol. The first-order chi connectivity index (χ1) is 10.1. The molecule has 2 aromatic rings. The van der Waals surface area contributed by atoms with Gasteiger partial charge in [-0.05, 0) is 26.0 Å². The Morgan fingerprint density at radius 1 is 1.29 bits per heavy atom. The lowest BCUT2D eigenvalue weighted by Gasteiger charge is -2.13. The van der Waals surface area contributed by atoms with Crippen LogP contribution < -0.4 is 0 Å². The van der Waals surface area contributed by atoms with Crippen molar-refractivity contribution < 1.29 is 13.9 Å². The number of nitrogens with zero attached hydrogens (tertiary/aromatic N) is 3. The Labute approximate surface area is 131 Å². The number of ether oxygens (including phenoxy) is 2. The highest BCUT2D eigenvalue weighted by Crippen LogP contribution is 2.18. The highest BCUT2D eigenvalue weighted by molar-refractivity contribution is 9.10. The monoisotopic (exact) mass is 357 g/mol. The third-order valence-electron chi connectivity index (χ3n) is 2.78. The van der Waals surface area contributed by atoms with Crippen molar-refractivity contribution in [3.8, 4) is 0 Å². The average molecular weight is 358 g/mol. The fourth-order valence-electron chi connectivity index (χ4n) is 1.84. The summed E-state index contributed by atoms with van der Waals surface area (Å²) in [6.07, 6.45) is 1.17. The van der Waals surface area contributed by atoms with Gasteiger partial charge in [-0.1, -0.05) is 27.2 Å². The van der Waals surface area contributed by atoms with Crippen molar-refractivity contribution in [1.29, 1.82) is 0 Å². The van der Waals surface area contributed by atoms with Crippen LogP contribution in [0, 0.1) is 5.82 Å². The van der Waals surface area contributed by atoms with Gasteiger partial charge in [0.25, 0.3) is 0 Å². The zero-order valence-electron chi connectivity index (χ0n) is 11.9. The van der Waals surface area contributed by atoms with E-state index in [1.54, 1.807) is 23.0 Å². The lowest BCUT2D eigenvalue weighted by molar-refractivity contribution is -0.142. The summed E-state index contributed by atoms with van der Waals surface area (Å²) in [4.78, 5) is 0. The predicted octanol–water partition coefficient (Wildman–Crippen LogP) is 3.30. The minimum Gasteiger partial charge on any atom is -0.347 e. The van der Waals surface area contributed by atoms with Gasteiger partial charge in [0.15, 0.2) is 0 Å². The van der Waals surface area contributed by atoms with Crippen LogP contribution in [0.15, 0.2) is 28.9 Å². The predicted molar refractivity (Wildman–Crippen MR) is 79.2 cm³/mol. The van der Waals surface area contributed by atoms with Crippen molar-refractivity contribution in [2.75, 3.05) is 13.2 Å². The maximum absolute atomic E-state index is 13.8. The first kappa shape index (κ1) is 16.1. The van der Waals surface area contributed by atoms with E-state index < -0.39 is 6.29 Å². The average Bonchev–Trinajstić information content (AvgIpc) is 2.90. The molecule has 0 bridgehead atoms. The Kier molecular flexibility index (Phi) is 5.84. The maximum Gasteiger partial charge on any atom is 0.204 e.